The van der Waals surface area contributed by atoms with E-state index in [1.807, 2.05) is 6.92 Å². The summed E-state index contributed by atoms with van der Waals surface area (Å²) < 4.78 is 0. The van der Waals surface area contributed by atoms with E-state index < -0.39 is 5.97 Å². The number of carbonyl (C=O) groups is 1. The van der Waals surface area contributed by atoms with E-state index in [1.54, 1.807) is 18.2 Å². The first kappa shape index (κ1) is 13.7. The van der Waals surface area contributed by atoms with E-state index in [2.05, 4.69) is 4.90 Å². The van der Waals surface area contributed by atoms with E-state index in [4.69, 9.17) is 10.8 Å². The second-order valence-electron chi connectivity index (χ2n) is 5.14. The van der Waals surface area contributed by atoms with Gasteiger partial charge in [0, 0.05) is 24.5 Å². The predicted octanol–water partition coefficient (Wildman–Crippen LogP) is 1.56. The molecule has 1 aromatic carbocycles. The Hall–Kier alpha value is -1.75. The van der Waals surface area contributed by atoms with Crippen molar-refractivity contribution in [2.24, 2.45) is 5.92 Å². The topological polar surface area (TPSA) is 86.8 Å². The Morgan fingerprint density at radius 1 is 1.42 bits per heavy atom. The fourth-order valence-corrected chi connectivity index (χ4v) is 2.58. The van der Waals surface area contributed by atoms with E-state index in [0.29, 0.717) is 11.6 Å². The first-order chi connectivity index (χ1) is 8.99. The van der Waals surface area contributed by atoms with Gasteiger partial charge in [0.05, 0.1) is 11.7 Å². The Morgan fingerprint density at radius 3 is 2.53 bits per heavy atom. The molecule has 1 atom stereocenters. The molecule has 0 bridgehead atoms. The highest BCUT2D eigenvalue weighted by Gasteiger charge is 2.23. The van der Waals surface area contributed by atoms with Crippen LogP contribution in [0.25, 0.3) is 0 Å². The largest absolute Gasteiger partial charge is 0.478 e. The summed E-state index contributed by atoms with van der Waals surface area (Å²) in [5, 5.41) is 18.5. The second-order valence-corrected chi connectivity index (χ2v) is 5.14. The molecule has 1 aliphatic rings. The van der Waals surface area contributed by atoms with E-state index >= 15 is 0 Å². The Kier molecular flexibility index (Phi) is 3.95. The fraction of sp³-hybridized carbons (Fsp3) is 0.500. The minimum absolute atomic E-state index is 0.141. The molecule has 0 aromatic heterocycles. The van der Waals surface area contributed by atoms with Gasteiger partial charge in [-0.1, -0.05) is 0 Å². The number of hydrogen-bond acceptors (Lipinski definition) is 4. The van der Waals surface area contributed by atoms with Crippen LogP contribution in [-0.2, 0) is 0 Å². The number of nitrogen functional groups attached to an aromatic ring is 1. The molecule has 2 rings (SSSR count). The van der Waals surface area contributed by atoms with Crippen LogP contribution in [0, 0.1) is 5.92 Å². The minimum atomic E-state index is -1.00. The van der Waals surface area contributed by atoms with Gasteiger partial charge in [-0.25, -0.2) is 4.79 Å². The zero-order chi connectivity index (χ0) is 14.0. The van der Waals surface area contributed by atoms with Crippen LogP contribution in [0.5, 0.6) is 0 Å². The normalized spacial score (nSPS) is 18.3. The van der Waals surface area contributed by atoms with Crippen LogP contribution in [0.4, 0.5) is 11.4 Å². The molecule has 0 spiro atoms. The summed E-state index contributed by atoms with van der Waals surface area (Å²) >= 11 is 0. The number of nitrogens with two attached hydrogens (primary N) is 1. The third-order valence-electron chi connectivity index (χ3n) is 3.85. The maximum absolute atomic E-state index is 10.9. The van der Waals surface area contributed by atoms with Crippen molar-refractivity contribution in [2.75, 3.05) is 23.7 Å². The average Bonchev–Trinajstić information content (AvgIpc) is 2.38. The molecular formula is C14H20N2O3. The van der Waals surface area contributed by atoms with Gasteiger partial charge in [-0.05, 0) is 43.9 Å². The highest BCUT2D eigenvalue weighted by atomic mass is 16.4. The Balaban J connectivity index is 2.08. The molecule has 1 aromatic rings. The molecule has 0 radical (unpaired) electrons. The van der Waals surface area contributed by atoms with E-state index in [9.17, 15) is 9.90 Å². The fourth-order valence-electron chi connectivity index (χ4n) is 2.58. The van der Waals surface area contributed by atoms with Gasteiger partial charge in [-0.3, -0.25) is 0 Å². The molecular weight excluding hydrogens is 244 g/mol. The maximum atomic E-state index is 10.9. The summed E-state index contributed by atoms with van der Waals surface area (Å²) in [5.41, 5.74) is 7.14. The highest BCUT2D eigenvalue weighted by molar-refractivity contribution is 5.94. The number of carboxylic acids is 1. The second kappa shape index (κ2) is 5.48. The van der Waals surface area contributed by atoms with Gasteiger partial charge in [0.25, 0.3) is 0 Å². The Labute approximate surface area is 112 Å². The van der Waals surface area contributed by atoms with Gasteiger partial charge in [0.1, 0.15) is 0 Å². The van der Waals surface area contributed by atoms with Crippen LogP contribution in [0.1, 0.15) is 30.1 Å². The summed E-state index contributed by atoms with van der Waals surface area (Å²) in [6.45, 7) is 3.56. The number of aromatic carboxylic acids is 1. The quantitative estimate of drug-likeness (QED) is 0.721. The lowest BCUT2D eigenvalue weighted by Gasteiger charge is -2.35. The SMILES string of the molecule is CC(O)C1CCN(c2ccc(C(=O)O)c(N)c2)CC1. The molecule has 0 amide bonds. The number of carboxylic acid groups (broad SMARTS) is 1. The first-order valence-corrected chi connectivity index (χ1v) is 6.55. The molecule has 1 saturated heterocycles. The number of benzene rings is 1. The monoisotopic (exact) mass is 264 g/mol. The van der Waals surface area contributed by atoms with Gasteiger partial charge >= 0.3 is 5.97 Å². The van der Waals surface area contributed by atoms with Crippen LogP contribution >= 0.6 is 0 Å². The van der Waals surface area contributed by atoms with E-state index in [0.717, 1.165) is 31.6 Å². The summed E-state index contributed by atoms with van der Waals surface area (Å²) in [5.74, 6) is -0.649. The molecule has 5 heteroatoms. The zero-order valence-electron chi connectivity index (χ0n) is 11.0. The van der Waals surface area contributed by atoms with Gasteiger partial charge in [-0.15, -0.1) is 0 Å². The van der Waals surface area contributed by atoms with Crippen molar-refractivity contribution in [1.29, 1.82) is 0 Å². The standard InChI is InChI=1S/C14H20N2O3/c1-9(17)10-4-6-16(7-5-10)11-2-3-12(14(18)19)13(15)8-11/h2-3,8-10,17H,4-7,15H2,1H3,(H,18,19). The van der Waals surface area contributed by atoms with Crippen LogP contribution in [-0.4, -0.2) is 35.4 Å². The molecule has 1 unspecified atom stereocenters. The molecule has 1 heterocycles. The average molecular weight is 264 g/mol. The third kappa shape index (κ3) is 2.98. The molecule has 0 saturated carbocycles. The van der Waals surface area contributed by atoms with Crippen molar-refractivity contribution in [1.82, 2.24) is 0 Å². The Bertz CT molecular complexity index is 466. The summed E-state index contributed by atoms with van der Waals surface area (Å²) in [6.07, 6.45) is 1.62. The third-order valence-corrected chi connectivity index (χ3v) is 3.85. The number of aliphatic hydroxyl groups is 1. The number of piperidine rings is 1. The van der Waals surface area contributed by atoms with Crippen molar-refractivity contribution in [3.63, 3.8) is 0 Å². The van der Waals surface area contributed by atoms with Crippen molar-refractivity contribution in [2.45, 2.75) is 25.9 Å². The molecule has 104 valence electrons. The van der Waals surface area contributed by atoms with E-state index in [1.165, 1.54) is 0 Å². The number of aliphatic hydroxyl groups excluding tert-OH is 1. The summed E-state index contributed by atoms with van der Waals surface area (Å²) in [7, 11) is 0. The maximum Gasteiger partial charge on any atom is 0.337 e. The van der Waals surface area contributed by atoms with Gasteiger partial charge in [-0.2, -0.15) is 0 Å². The lowest BCUT2D eigenvalue weighted by molar-refractivity contribution is 0.0698. The molecule has 4 N–H and O–H groups in total. The van der Waals surface area contributed by atoms with Gasteiger partial charge in [0.15, 0.2) is 0 Å². The van der Waals surface area contributed by atoms with Crippen molar-refractivity contribution < 1.29 is 15.0 Å². The van der Waals surface area contributed by atoms with Gasteiger partial charge in [0.2, 0.25) is 0 Å². The molecule has 0 aliphatic carbocycles. The van der Waals surface area contributed by atoms with Crippen LogP contribution < -0.4 is 10.6 Å². The van der Waals surface area contributed by atoms with E-state index in [-0.39, 0.29) is 11.7 Å². The number of hydrogen-bond donors (Lipinski definition) is 3. The van der Waals surface area contributed by atoms with Crippen LogP contribution in [0.15, 0.2) is 18.2 Å². The van der Waals surface area contributed by atoms with Crippen LogP contribution in [0.2, 0.25) is 0 Å². The number of nitrogens with zero attached hydrogens (tertiary/aromatic N) is 1. The lowest BCUT2D eigenvalue weighted by Crippen LogP contribution is -2.37. The molecule has 1 fully saturated rings. The van der Waals surface area contributed by atoms with Crippen molar-refractivity contribution in [3.05, 3.63) is 23.8 Å². The number of anilines is 2. The molecule has 19 heavy (non-hydrogen) atoms. The lowest BCUT2D eigenvalue weighted by atomic mass is 9.92. The summed E-state index contributed by atoms with van der Waals surface area (Å²) in [6, 6.07) is 5.06. The van der Waals surface area contributed by atoms with Crippen LogP contribution in [0.3, 0.4) is 0 Å². The van der Waals surface area contributed by atoms with Crippen molar-refractivity contribution in [3.8, 4) is 0 Å². The zero-order valence-corrected chi connectivity index (χ0v) is 11.0. The summed E-state index contributed by atoms with van der Waals surface area (Å²) in [4.78, 5) is 13.1. The highest BCUT2D eigenvalue weighted by Crippen LogP contribution is 2.27. The first-order valence-electron chi connectivity index (χ1n) is 6.55. The predicted molar refractivity (Wildman–Crippen MR) is 74.4 cm³/mol. The Morgan fingerprint density at radius 2 is 2.05 bits per heavy atom. The molecule has 1 aliphatic heterocycles. The number of rotatable bonds is 3. The van der Waals surface area contributed by atoms with Crippen molar-refractivity contribution >= 4 is 17.3 Å². The smallest absolute Gasteiger partial charge is 0.337 e. The minimum Gasteiger partial charge on any atom is -0.478 e. The van der Waals surface area contributed by atoms with Gasteiger partial charge < -0.3 is 20.8 Å². The molecule has 5 nitrogen and oxygen atoms in total.